The van der Waals surface area contributed by atoms with Crippen LogP contribution in [0.15, 0.2) is 42.5 Å². The summed E-state index contributed by atoms with van der Waals surface area (Å²) in [5, 5.41) is 12.3. The summed E-state index contributed by atoms with van der Waals surface area (Å²) in [7, 11) is 1.76. The fourth-order valence-corrected chi connectivity index (χ4v) is 5.68. The average Bonchev–Trinajstić information content (AvgIpc) is 3.42. The number of fused-ring (bicyclic) bond motifs is 2. The number of nitrogens with one attached hydrogen (secondary N) is 3. The molecule has 1 saturated carbocycles. The number of hydrogen-bond acceptors (Lipinski definition) is 4. The fourth-order valence-electron chi connectivity index (χ4n) is 5.68. The molecule has 6 heteroatoms. The van der Waals surface area contributed by atoms with Gasteiger partial charge in [-0.1, -0.05) is 63.2 Å². The van der Waals surface area contributed by atoms with E-state index in [0.717, 1.165) is 32.4 Å². The normalized spacial score (nSPS) is 24.1. The van der Waals surface area contributed by atoms with Crippen molar-refractivity contribution in [3.63, 3.8) is 0 Å². The number of rotatable bonds is 7. The number of carbonyl (C=O) groups excluding carboxylic acids is 2. The molecular formula is C28H40N4O2. The van der Waals surface area contributed by atoms with Gasteiger partial charge in [-0.05, 0) is 60.9 Å². The molecular weight excluding hydrogens is 424 g/mol. The quantitative estimate of drug-likeness (QED) is 0.587. The van der Waals surface area contributed by atoms with E-state index in [9.17, 15) is 9.59 Å². The van der Waals surface area contributed by atoms with Gasteiger partial charge >= 0.3 is 0 Å². The third kappa shape index (κ3) is 4.98. The van der Waals surface area contributed by atoms with Gasteiger partial charge in [0.15, 0.2) is 0 Å². The van der Waals surface area contributed by atoms with E-state index < -0.39 is 6.04 Å². The van der Waals surface area contributed by atoms with Gasteiger partial charge in [0, 0.05) is 25.2 Å². The van der Waals surface area contributed by atoms with Crippen LogP contribution in [0.25, 0.3) is 10.8 Å². The number of carbonyl (C=O) groups is 2. The molecule has 6 nitrogen and oxygen atoms in total. The number of nitrogens with zero attached hydrogens (tertiary/aromatic N) is 1. The Balaban J connectivity index is 1.49. The molecule has 2 aromatic rings. The van der Waals surface area contributed by atoms with Crippen LogP contribution in [-0.2, 0) is 16.1 Å². The zero-order chi connectivity index (χ0) is 24.5. The zero-order valence-corrected chi connectivity index (χ0v) is 21.2. The topological polar surface area (TPSA) is 73.5 Å². The SMILES string of the molecule is CN[C@@H](C)C(=O)N[C@H](C(=O)N1CC[C@H]2CC[C@H](NCc3cccc4ccccc34)[C@H]21)C(C)(C)C. The number of amides is 2. The highest BCUT2D eigenvalue weighted by Gasteiger charge is 2.48. The molecule has 0 unspecified atom stereocenters. The van der Waals surface area contributed by atoms with Crippen LogP contribution in [0.1, 0.15) is 52.5 Å². The summed E-state index contributed by atoms with van der Waals surface area (Å²) in [4.78, 5) is 28.6. The highest BCUT2D eigenvalue weighted by molar-refractivity contribution is 5.90. The van der Waals surface area contributed by atoms with Gasteiger partial charge in [-0.2, -0.15) is 0 Å². The molecule has 2 aliphatic rings. The molecule has 0 radical (unpaired) electrons. The first-order valence-electron chi connectivity index (χ1n) is 12.7. The monoisotopic (exact) mass is 464 g/mol. The maximum Gasteiger partial charge on any atom is 0.246 e. The van der Waals surface area contributed by atoms with E-state index in [1.54, 1.807) is 7.05 Å². The summed E-state index contributed by atoms with van der Waals surface area (Å²) in [6.07, 6.45) is 3.26. The Morgan fingerprint density at radius 1 is 1.06 bits per heavy atom. The molecule has 1 aliphatic carbocycles. The lowest BCUT2D eigenvalue weighted by Crippen LogP contribution is -2.60. The van der Waals surface area contributed by atoms with Gasteiger partial charge in [0.25, 0.3) is 0 Å². The molecule has 2 amide bonds. The molecule has 1 saturated heterocycles. The average molecular weight is 465 g/mol. The molecule has 5 atom stereocenters. The van der Waals surface area contributed by atoms with Crippen molar-refractivity contribution in [3.8, 4) is 0 Å². The van der Waals surface area contributed by atoms with E-state index in [-0.39, 0.29) is 35.4 Å². The van der Waals surface area contributed by atoms with Gasteiger partial charge in [-0.3, -0.25) is 9.59 Å². The number of likely N-dealkylation sites (tertiary alicyclic amines) is 1. The summed E-state index contributed by atoms with van der Waals surface area (Å²) < 4.78 is 0. The second kappa shape index (κ2) is 10.0. The van der Waals surface area contributed by atoms with Gasteiger partial charge in [0.05, 0.1) is 6.04 Å². The third-order valence-corrected chi connectivity index (χ3v) is 7.79. The van der Waals surface area contributed by atoms with Crippen molar-refractivity contribution in [2.45, 2.75) is 77.7 Å². The Labute approximate surface area is 203 Å². The van der Waals surface area contributed by atoms with Crippen molar-refractivity contribution in [3.05, 3.63) is 48.0 Å². The van der Waals surface area contributed by atoms with Crippen LogP contribution < -0.4 is 16.0 Å². The molecule has 0 aromatic heterocycles. The van der Waals surface area contributed by atoms with Crippen LogP contribution in [0.5, 0.6) is 0 Å². The van der Waals surface area contributed by atoms with Crippen molar-refractivity contribution in [2.75, 3.05) is 13.6 Å². The standard InChI is InChI=1S/C28H40N4O2/c1-18(29-5)26(33)31-25(28(2,3)4)27(34)32-16-15-20-13-14-23(24(20)32)30-17-21-11-8-10-19-9-6-7-12-22(19)21/h6-12,18,20,23-25,29-30H,13-17H2,1-5H3,(H,31,33)/t18-,20+,23-,24-,25+/m0/s1. The Morgan fingerprint density at radius 2 is 1.79 bits per heavy atom. The summed E-state index contributed by atoms with van der Waals surface area (Å²) in [5.74, 6) is 0.445. The van der Waals surface area contributed by atoms with Crippen molar-refractivity contribution in [1.29, 1.82) is 0 Å². The Hall–Kier alpha value is -2.44. The van der Waals surface area contributed by atoms with Gasteiger partial charge < -0.3 is 20.9 Å². The Kier molecular flexibility index (Phi) is 7.29. The highest BCUT2D eigenvalue weighted by Crippen LogP contribution is 2.39. The van der Waals surface area contributed by atoms with Crippen LogP contribution >= 0.6 is 0 Å². The smallest absolute Gasteiger partial charge is 0.246 e. The van der Waals surface area contributed by atoms with Gasteiger partial charge in [0.1, 0.15) is 6.04 Å². The van der Waals surface area contributed by atoms with E-state index in [1.807, 2.05) is 27.7 Å². The first kappa shape index (κ1) is 24.7. The minimum Gasteiger partial charge on any atom is -0.342 e. The second-order valence-corrected chi connectivity index (χ2v) is 11.1. The summed E-state index contributed by atoms with van der Waals surface area (Å²) in [6, 6.07) is 14.5. The zero-order valence-electron chi connectivity index (χ0n) is 21.2. The van der Waals surface area contributed by atoms with E-state index in [4.69, 9.17) is 0 Å². The first-order chi connectivity index (χ1) is 16.2. The number of likely N-dealkylation sites (N-methyl/N-ethyl adjacent to an activating group) is 1. The van der Waals surface area contributed by atoms with Crippen LogP contribution in [-0.4, -0.2) is 54.5 Å². The molecule has 34 heavy (non-hydrogen) atoms. The molecule has 0 bridgehead atoms. The molecule has 0 spiro atoms. The first-order valence-corrected chi connectivity index (χ1v) is 12.7. The van der Waals surface area contributed by atoms with Crippen LogP contribution in [0.2, 0.25) is 0 Å². The minimum atomic E-state index is -0.547. The lowest BCUT2D eigenvalue weighted by atomic mass is 9.85. The van der Waals surface area contributed by atoms with Crippen molar-refractivity contribution in [1.82, 2.24) is 20.9 Å². The maximum atomic E-state index is 13.8. The molecule has 2 aromatic carbocycles. The molecule has 3 N–H and O–H groups in total. The summed E-state index contributed by atoms with van der Waals surface area (Å²) in [6.45, 7) is 9.45. The van der Waals surface area contributed by atoms with E-state index in [2.05, 4.69) is 63.3 Å². The number of hydrogen-bond donors (Lipinski definition) is 3. The third-order valence-electron chi connectivity index (χ3n) is 7.79. The van der Waals surface area contributed by atoms with Gasteiger partial charge in [-0.25, -0.2) is 0 Å². The van der Waals surface area contributed by atoms with Crippen molar-refractivity contribution >= 4 is 22.6 Å². The largest absolute Gasteiger partial charge is 0.342 e. The highest BCUT2D eigenvalue weighted by atomic mass is 16.2. The summed E-state index contributed by atoms with van der Waals surface area (Å²) >= 11 is 0. The molecule has 2 fully saturated rings. The molecule has 184 valence electrons. The fraction of sp³-hybridized carbons (Fsp3) is 0.571. The predicted molar refractivity (Wildman–Crippen MR) is 137 cm³/mol. The van der Waals surface area contributed by atoms with Crippen LogP contribution in [0, 0.1) is 11.3 Å². The molecule has 1 heterocycles. The molecule has 4 rings (SSSR count). The Bertz CT molecular complexity index is 1030. The number of benzene rings is 2. The predicted octanol–water partition coefficient (Wildman–Crippen LogP) is 3.45. The van der Waals surface area contributed by atoms with E-state index >= 15 is 0 Å². The van der Waals surface area contributed by atoms with Crippen LogP contribution in [0.3, 0.4) is 0 Å². The second-order valence-electron chi connectivity index (χ2n) is 11.1. The van der Waals surface area contributed by atoms with Crippen LogP contribution in [0.4, 0.5) is 0 Å². The minimum absolute atomic E-state index is 0.0514. The Morgan fingerprint density at radius 3 is 2.53 bits per heavy atom. The van der Waals surface area contributed by atoms with E-state index in [0.29, 0.717) is 5.92 Å². The van der Waals surface area contributed by atoms with E-state index in [1.165, 1.54) is 16.3 Å². The van der Waals surface area contributed by atoms with Gasteiger partial charge in [-0.15, -0.1) is 0 Å². The van der Waals surface area contributed by atoms with Gasteiger partial charge in [0.2, 0.25) is 11.8 Å². The lowest BCUT2D eigenvalue weighted by molar-refractivity contribution is -0.141. The van der Waals surface area contributed by atoms with Crippen molar-refractivity contribution < 1.29 is 9.59 Å². The molecule has 1 aliphatic heterocycles. The summed E-state index contributed by atoms with van der Waals surface area (Å²) in [5.41, 5.74) is 0.918. The maximum absolute atomic E-state index is 13.8. The lowest BCUT2D eigenvalue weighted by Gasteiger charge is -2.38. The van der Waals surface area contributed by atoms with Crippen molar-refractivity contribution in [2.24, 2.45) is 11.3 Å².